The summed E-state index contributed by atoms with van der Waals surface area (Å²) in [4.78, 5) is 17.3. The van der Waals surface area contributed by atoms with E-state index in [2.05, 4.69) is 29.3 Å². The second kappa shape index (κ2) is 8.84. The Hall–Kier alpha value is -3.04. The van der Waals surface area contributed by atoms with Gasteiger partial charge in [-0.2, -0.15) is 9.29 Å². The number of carbonyl (C=O) groups excluding carboxylic acids is 1. The summed E-state index contributed by atoms with van der Waals surface area (Å²) >= 11 is 0. The van der Waals surface area contributed by atoms with Crippen LogP contribution in [0.2, 0.25) is 0 Å². The van der Waals surface area contributed by atoms with E-state index in [1.54, 1.807) is 37.3 Å². The Morgan fingerprint density at radius 3 is 2.50 bits per heavy atom. The van der Waals surface area contributed by atoms with Crippen molar-refractivity contribution in [3.63, 3.8) is 0 Å². The Labute approximate surface area is 187 Å². The molecule has 0 saturated carbocycles. The van der Waals surface area contributed by atoms with E-state index in [1.807, 2.05) is 6.07 Å². The Morgan fingerprint density at radius 1 is 1.09 bits per heavy atom. The molecule has 9 heteroatoms. The third-order valence-electron chi connectivity index (χ3n) is 5.51. The quantitative estimate of drug-likeness (QED) is 0.625. The summed E-state index contributed by atoms with van der Waals surface area (Å²) in [5.41, 5.74) is 1.37. The molecule has 0 radical (unpaired) electrons. The first kappa shape index (κ1) is 22.2. The number of aryl methyl sites for hydroxylation is 1. The van der Waals surface area contributed by atoms with E-state index in [9.17, 15) is 13.2 Å². The van der Waals surface area contributed by atoms with Gasteiger partial charge in [-0.05, 0) is 48.6 Å². The molecule has 0 aliphatic carbocycles. The standard InChI is InChI=1S/C23H26N4O4S/c1-15-11-16(2)14-27(13-15)32(29,30)19-8-6-7-18(12-19)23(28)25-21-10-5-4-9-20(21)22-24-17(3)31-26-22/h4-10,12,15-16H,11,13-14H2,1-3H3,(H,25,28). The highest BCUT2D eigenvalue weighted by molar-refractivity contribution is 7.89. The smallest absolute Gasteiger partial charge is 0.255 e. The van der Waals surface area contributed by atoms with Gasteiger partial charge in [0.25, 0.3) is 5.91 Å². The van der Waals surface area contributed by atoms with E-state index >= 15 is 0 Å². The first-order valence-corrected chi connectivity index (χ1v) is 12.0. The number of piperidine rings is 1. The van der Waals surface area contributed by atoms with E-state index in [4.69, 9.17) is 4.52 Å². The zero-order valence-electron chi connectivity index (χ0n) is 18.3. The van der Waals surface area contributed by atoms with Crippen LogP contribution in [0, 0.1) is 18.8 Å². The van der Waals surface area contributed by atoms with Gasteiger partial charge in [-0.3, -0.25) is 4.79 Å². The second-order valence-electron chi connectivity index (χ2n) is 8.43. The van der Waals surface area contributed by atoms with Crippen molar-refractivity contribution in [1.82, 2.24) is 14.4 Å². The first-order valence-electron chi connectivity index (χ1n) is 10.6. The highest BCUT2D eigenvalue weighted by Gasteiger charge is 2.32. The summed E-state index contributed by atoms with van der Waals surface area (Å²) < 4.78 is 33.0. The van der Waals surface area contributed by atoms with Crippen LogP contribution in [0.15, 0.2) is 57.9 Å². The van der Waals surface area contributed by atoms with Gasteiger partial charge in [0, 0.05) is 31.1 Å². The van der Waals surface area contributed by atoms with Gasteiger partial charge in [-0.25, -0.2) is 8.42 Å². The average Bonchev–Trinajstić information content (AvgIpc) is 3.19. The number of nitrogens with zero attached hydrogens (tertiary/aromatic N) is 3. The molecule has 1 aliphatic heterocycles. The average molecular weight is 455 g/mol. The Kier molecular flexibility index (Phi) is 6.12. The molecule has 2 aromatic carbocycles. The number of para-hydroxylation sites is 1. The van der Waals surface area contributed by atoms with Crippen molar-refractivity contribution in [3.05, 3.63) is 60.0 Å². The molecule has 4 rings (SSSR count). The summed E-state index contributed by atoms with van der Waals surface area (Å²) in [6.07, 6.45) is 1.01. The molecule has 1 aliphatic rings. The maximum absolute atomic E-state index is 13.2. The molecular weight excluding hydrogens is 428 g/mol. The van der Waals surface area contributed by atoms with Crippen LogP contribution in [-0.4, -0.2) is 41.9 Å². The fourth-order valence-corrected chi connectivity index (χ4v) is 5.87. The lowest BCUT2D eigenvalue weighted by Crippen LogP contribution is -2.42. The molecule has 168 valence electrons. The molecule has 1 fully saturated rings. The van der Waals surface area contributed by atoms with Crippen molar-refractivity contribution in [2.45, 2.75) is 32.1 Å². The minimum absolute atomic E-state index is 0.119. The van der Waals surface area contributed by atoms with Gasteiger partial charge in [0.15, 0.2) is 0 Å². The summed E-state index contributed by atoms with van der Waals surface area (Å²) in [5, 5.41) is 6.75. The van der Waals surface area contributed by atoms with Gasteiger partial charge < -0.3 is 9.84 Å². The fraction of sp³-hybridized carbons (Fsp3) is 0.348. The molecule has 2 heterocycles. The number of benzene rings is 2. The topological polar surface area (TPSA) is 105 Å². The number of amides is 1. The van der Waals surface area contributed by atoms with Crippen LogP contribution < -0.4 is 5.32 Å². The van der Waals surface area contributed by atoms with Crippen LogP contribution in [0.1, 0.15) is 36.5 Å². The first-order chi connectivity index (χ1) is 15.2. The lowest BCUT2D eigenvalue weighted by atomic mass is 9.94. The monoisotopic (exact) mass is 454 g/mol. The molecule has 2 atom stereocenters. The van der Waals surface area contributed by atoms with Gasteiger partial charge >= 0.3 is 0 Å². The van der Waals surface area contributed by atoms with E-state index in [1.165, 1.54) is 16.4 Å². The van der Waals surface area contributed by atoms with Crippen LogP contribution >= 0.6 is 0 Å². The zero-order chi connectivity index (χ0) is 22.9. The van der Waals surface area contributed by atoms with Crippen molar-refractivity contribution in [3.8, 4) is 11.4 Å². The normalized spacial score (nSPS) is 19.6. The van der Waals surface area contributed by atoms with Gasteiger partial charge in [-0.15, -0.1) is 0 Å². The van der Waals surface area contributed by atoms with E-state index < -0.39 is 15.9 Å². The maximum atomic E-state index is 13.2. The lowest BCUT2D eigenvalue weighted by Gasteiger charge is -2.34. The second-order valence-corrected chi connectivity index (χ2v) is 10.4. The zero-order valence-corrected chi connectivity index (χ0v) is 19.1. The van der Waals surface area contributed by atoms with E-state index in [-0.39, 0.29) is 10.5 Å². The molecule has 1 saturated heterocycles. The number of hydrogen-bond donors (Lipinski definition) is 1. The lowest BCUT2D eigenvalue weighted by molar-refractivity contribution is 0.102. The van der Waals surface area contributed by atoms with Crippen LogP contribution in [0.25, 0.3) is 11.4 Å². The van der Waals surface area contributed by atoms with Crippen molar-refractivity contribution < 1.29 is 17.7 Å². The van der Waals surface area contributed by atoms with Crippen molar-refractivity contribution in [1.29, 1.82) is 0 Å². The van der Waals surface area contributed by atoms with Crippen LogP contribution in [0.5, 0.6) is 0 Å². The Balaban J connectivity index is 1.59. The Bertz CT molecular complexity index is 1230. The number of sulfonamides is 1. The highest BCUT2D eigenvalue weighted by Crippen LogP contribution is 2.28. The summed E-state index contributed by atoms with van der Waals surface area (Å²) in [5.74, 6) is 0.953. The number of nitrogens with one attached hydrogen (secondary N) is 1. The minimum Gasteiger partial charge on any atom is -0.339 e. The number of anilines is 1. The number of hydrogen-bond acceptors (Lipinski definition) is 6. The number of rotatable bonds is 5. The largest absolute Gasteiger partial charge is 0.339 e. The van der Waals surface area contributed by atoms with Crippen LogP contribution in [0.4, 0.5) is 5.69 Å². The number of aromatic nitrogens is 2. The third-order valence-corrected chi connectivity index (χ3v) is 7.34. The molecule has 1 aromatic heterocycles. The van der Waals surface area contributed by atoms with Crippen molar-refractivity contribution in [2.75, 3.05) is 18.4 Å². The van der Waals surface area contributed by atoms with Crippen molar-refractivity contribution in [2.24, 2.45) is 11.8 Å². The van der Waals surface area contributed by atoms with E-state index in [0.717, 1.165) is 6.42 Å². The molecule has 1 amide bonds. The fourth-order valence-electron chi connectivity index (χ4n) is 4.14. The summed E-state index contributed by atoms with van der Waals surface area (Å²) in [6, 6.07) is 13.2. The molecule has 32 heavy (non-hydrogen) atoms. The highest BCUT2D eigenvalue weighted by atomic mass is 32.2. The van der Waals surface area contributed by atoms with Crippen LogP contribution in [0.3, 0.4) is 0 Å². The van der Waals surface area contributed by atoms with Gasteiger partial charge in [0.1, 0.15) is 0 Å². The molecular formula is C23H26N4O4S. The van der Waals surface area contributed by atoms with Crippen molar-refractivity contribution >= 4 is 21.6 Å². The maximum Gasteiger partial charge on any atom is 0.255 e. The minimum atomic E-state index is -3.68. The molecule has 2 unspecified atom stereocenters. The Morgan fingerprint density at radius 2 is 1.81 bits per heavy atom. The predicted molar refractivity (Wildman–Crippen MR) is 121 cm³/mol. The number of carbonyl (C=O) groups is 1. The summed E-state index contributed by atoms with van der Waals surface area (Å²) in [6.45, 7) is 6.78. The van der Waals surface area contributed by atoms with Crippen LogP contribution in [-0.2, 0) is 10.0 Å². The molecule has 8 nitrogen and oxygen atoms in total. The van der Waals surface area contributed by atoms with Gasteiger partial charge in [0.2, 0.25) is 21.7 Å². The molecule has 0 bridgehead atoms. The van der Waals surface area contributed by atoms with Gasteiger partial charge in [-0.1, -0.05) is 37.2 Å². The predicted octanol–water partition coefficient (Wildman–Crippen LogP) is 3.96. The summed E-state index contributed by atoms with van der Waals surface area (Å²) in [7, 11) is -3.68. The van der Waals surface area contributed by atoms with E-state index in [0.29, 0.717) is 47.9 Å². The van der Waals surface area contributed by atoms with Gasteiger partial charge in [0.05, 0.1) is 10.6 Å². The molecule has 3 aromatic rings. The molecule has 1 N–H and O–H groups in total. The molecule has 0 spiro atoms. The SMILES string of the molecule is Cc1nc(-c2ccccc2NC(=O)c2cccc(S(=O)(=O)N3CC(C)CC(C)C3)c2)no1. The third kappa shape index (κ3) is 4.58.